The summed E-state index contributed by atoms with van der Waals surface area (Å²) in [4.78, 5) is 30.7. The van der Waals surface area contributed by atoms with Gasteiger partial charge in [-0.3, -0.25) is 9.59 Å². The van der Waals surface area contributed by atoms with Gasteiger partial charge in [0.2, 0.25) is 11.8 Å². The van der Waals surface area contributed by atoms with Crippen molar-refractivity contribution in [1.29, 1.82) is 0 Å². The van der Waals surface area contributed by atoms with Crippen LogP contribution in [-0.4, -0.2) is 34.8 Å². The van der Waals surface area contributed by atoms with Crippen molar-refractivity contribution < 1.29 is 18.4 Å². The predicted molar refractivity (Wildman–Crippen MR) is 113 cm³/mol. The summed E-state index contributed by atoms with van der Waals surface area (Å²) in [7, 11) is 0. The molecule has 6 nitrogen and oxygen atoms in total. The van der Waals surface area contributed by atoms with E-state index in [1.807, 2.05) is 30.3 Å². The van der Waals surface area contributed by atoms with E-state index in [9.17, 15) is 14.0 Å². The number of hydrogen-bond acceptors (Lipinski definition) is 4. The fourth-order valence-electron chi connectivity index (χ4n) is 3.70. The number of hydrogen-bond donors (Lipinski definition) is 1. The molecule has 3 aromatic rings. The zero-order valence-corrected chi connectivity index (χ0v) is 17.1. The fraction of sp³-hybridized carbons (Fsp3) is 0.292. The van der Waals surface area contributed by atoms with Crippen LogP contribution in [0.2, 0.25) is 0 Å². The monoisotopic (exact) mass is 421 g/mol. The second-order valence-electron chi connectivity index (χ2n) is 7.60. The molecule has 1 N–H and O–H groups in total. The van der Waals surface area contributed by atoms with Gasteiger partial charge in [0, 0.05) is 37.9 Å². The van der Waals surface area contributed by atoms with Gasteiger partial charge in [-0.15, -0.1) is 0 Å². The lowest BCUT2D eigenvalue weighted by Gasteiger charge is -2.25. The summed E-state index contributed by atoms with van der Waals surface area (Å²) in [5, 5.41) is 3.05. The van der Waals surface area contributed by atoms with Crippen molar-refractivity contribution in [3.8, 4) is 11.3 Å². The number of nitrogens with zero attached hydrogens (tertiary/aromatic N) is 2. The lowest BCUT2D eigenvalue weighted by Crippen LogP contribution is -2.38. The molecule has 0 saturated carbocycles. The van der Waals surface area contributed by atoms with Gasteiger partial charge in [-0.1, -0.05) is 30.3 Å². The summed E-state index contributed by atoms with van der Waals surface area (Å²) in [5.41, 5.74) is 1.69. The number of likely N-dealkylation sites (tertiary alicyclic amines) is 1. The Bertz CT molecular complexity index is 1030. The molecule has 7 heteroatoms. The van der Waals surface area contributed by atoms with E-state index in [0.29, 0.717) is 31.0 Å². The van der Waals surface area contributed by atoms with E-state index < -0.39 is 0 Å². The highest BCUT2D eigenvalue weighted by molar-refractivity contribution is 5.79. The Morgan fingerprint density at radius 2 is 1.94 bits per heavy atom. The Labute approximate surface area is 180 Å². The normalized spacial score (nSPS) is 14.6. The zero-order valence-electron chi connectivity index (χ0n) is 17.1. The highest BCUT2D eigenvalue weighted by atomic mass is 19.1. The standard InChI is InChI=1S/C24H24FN3O3/c25-19-10-8-18(9-11-19)21-15-26-23(31-21)13-12-22(29)27-20(17-5-2-1-3-6-17)16-28-14-4-7-24(28)30/h1-3,5-6,8-11,15,20H,4,7,12-14,16H2,(H,27,29). The van der Waals surface area contributed by atoms with E-state index in [0.717, 1.165) is 24.1 Å². The number of carbonyl (C=O) groups is 2. The number of amides is 2. The van der Waals surface area contributed by atoms with Crippen molar-refractivity contribution in [3.63, 3.8) is 0 Å². The maximum Gasteiger partial charge on any atom is 0.222 e. The molecule has 0 radical (unpaired) electrons. The van der Waals surface area contributed by atoms with E-state index in [1.54, 1.807) is 23.2 Å². The summed E-state index contributed by atoms with van der Waals surface area (Å²) in [6.07, 6.45) is 3.55. The van der Waals surface area contributed by atoms with E-state index in [2.05, 4.69) is 10.3 Å². The minimum absolute atomic E-state index is 0.128. The number of rotatable bonds is 8. The smallest absolute Gasteiger partial charge is 0.222 e. The van der Waals surface area contributed by atoms with Crippen LogP contribution in [0.15, 0.2) is 65.2 Å². The molecule has 1 aromatic heterocycles. The van der Waals surface area contributed by atoms with Gasteiger partial charge in [-0.2, -0.15) is 0 Å². The molecule has 2 aromatic carbocycles. The van der Waals surface area contributed by atoms with Crippen molar-refractivity contribution in [2.45, 2.75) is 31.7 Å². The van der Waals surface area contributed by atoms with Gasteiger partial charge in [-0.25, -0.2) is 9.37 Å². The third kappa shape index (κ3) is 5.36. The summed E-state index contributed by atoms with van der Waals surface area (Å²) in [6, 6.07) is 15.4. The van der Waals surface area contributed by atoms with Crippen LogP contribution in [0, 0.1) is 5.82 Å². The Hall–Kier alpha value is -3.48. The average Bonchev–Trinajstić information content (AvgIpc) is 3.42. The van der Waals surface area contributed by atoms with E-state index in [-0.39, 0.29) is 30.1 Å². The number of aromatic nitrogens is 1. The van der Waals surface area contributed by atoms with Crippen LogP contribution in [0.4, 0.5) is 4.39 Å². The van der Waals surface area contributed by atoms with Crippen LogP contribution in [0.3, 0.4) is 0 Å². The van der Waals surface area contributed by atoms with Crippen molar-refractivity contribution >= 4 is 11.8 Å². The van der Waals surface area contributed by atoms with Crippen molar-refractivity contribution in [3.05, 3.63) is 78.1 Å². The van der Waals surface area contributed by atoms with Crippen molar-refractivity contribution in [1.82, 2.24) is 15.2 Å². The van der Waals surface area contributed by atoms with Crippen molar-refractivity contribution in [2.24, 2.45) is 0 Å². The minimum Gasteiger partial charge on any atom is -0.441 e. The Kier molecular flexibility index (Phi) is 6.40. The molecular formula is C24H24FN3O3. The molecule has 1 aliphatic rings. The third-order valence-electron chi connectivity index (χ3n) is 5.36. The van der Waals surface area contributed by atoms with Crippen LogP contribution in [0.1, 0.15) is 36.8 Å². The number of halogens is 1. The first-order valence-electron chi connectivity index (χ1n) is 10.4. The molecule has 0 spiro atoms. The Balaban J connectivity index is 1.36. The van der Waals surface area contributed by atoms with Crippen molar-refractivity contribution in [2.75, 3.05) is 13.1 Å². The van der Waals surface area contributed by atoms with E-state index in [4.69, 9.17) is 4.42 Å². The quantitative estimate of drug-likeness (QED) is 0.599. The summed E-state index contributed by atoms with van der Waals surface area (Å²) < 4.78 is 18.8. The maximum absolute atomic E-state index is 13.1. The molecule has 1 unspecified atom stereocenters. The SMILES string of the molecule is O=C(CCc1ncc(-c2ccc(F)cc2)o1)NC(CN1CCCC1=O)c1ccccc1. The van der Waals surface area contributed by atoms with Gasteiger partial charge in [0.15, 0.2) is 11.7 Å². The molecule has 31 heavy (non-hydrogen) atoms. The van der Waals surface area contributed by atoms with Crippen LogP contribution in [0.5, 0.6) is 0 Å². The second kappa shape index (κ2) is 9.55. The Morgan fingerprint density at radius 1 is 1.16 bits per heavy atom. The Morgan fingerprint density at radius 3 is 2.65 bits per heavy atom. The minimum atomic E-state index is -0.316. The molecule has 4 rings (SSSR count). The van der Waals surface area contributed by atoms with Crippen LogP contribution >= 0.6 is 0 Å². The topological polar surface area (TPSA) is 75.4 Å². The number of nitrogens with one attached hydrogen (secondary N) is 1. The lowest BCUT2D eigenvalue weighted by atomic mass is 10.1. The molecule has 2 heterocycles. The van der Waals surface area contributed by atoms with Gasteiger partial charge >= 0.3 is 0 Å². The van der Waals surface area contributed by atoms with E-state index >= 15 is 0 Å². The van der Waals surface area contributed by atoms with Crippen LogP contribution in [-0.2, 0) is 16.0 Å². The molecule has 2 amide bonds. The molecule has 0 aliphatic carbocycles. The van der Waals surface area contributed by atoms with Gasteiger partial charge < -0.3 is 14.6 Å². The molecule has 0 bridgehead atoms. The molecule has 160 valence electrons. The number of aryl methyl sites for hydroxylation is 1. The highest BCUT2D eigenvalue weighted by Gasteiger charge is 2.25. The highest BCUT2D eigenvalue weighted by Crippen LogP contribution is 2.22. The molecular weight excluding hydrogens is 397 g/mol. The second-order valence-corrected chi connectivity index (χ2v) is 7.60. The summed E-state index contributed by atoms with van der Waals surface area (Å²) in [5.74, 6) is 0.652. The first-order valence-corrected chi connectivity index (χ1v) is 10.4. The lowest BCUT2D eigenvalue weighted by molar-refractivity contribution is -0.129. The zero-order chi connectivity index (χ0) is 21.6. The van der Waals surface area contributed by atoms with Gasteiger partial charge in [0.05, 0.1) is 12.2 Å². The van der Waals surface area contributed by atoms with Crippen LogP contribution in [0.25, 0.3) is 11.3 Å². The first-order chi connectivity index (χ1) is 15.1. The molecule has 1 aliphatic heterocycles. The van der Waals surface area contributed by atoms with Gasteiger partial charge in [0.1, 0.15) is 5.82 Å². The number of oxazole rings is 1. The first kappa shape index (κ1) is 20.8. The predicted octanol–water partition coefficient (Wildman–Crippen LogP) is 3.89. The number of benzene rings is 2. The van der Waals surface area contributed by atoms with Crippen LogP contribution < -0.4 is 5.32 Å². The molecule has 1 atom stereocenters. The largest absolute Gasteiger partial charge is 0.441 e. The number of carbonyl (C=O) groups excluding carboxylic acids is 2. The summed E-state index contributed by atoms with van der Waals surface area (Å²) >= 11 is 0. The van der Waals surface area contributed by atoms with E-state index in [1.165, 1.54) is 12.1 Å². The molecule has 1 saturated heterocycles. The third-order valence-corrected chi connectivity index (χ3v) is 5.36. The average molecular weight is 421 g/mol. The van der Waals surface area contributed by atoms with Gasteiger partial charge in [0.25, 0.3) is 0 Å². The van der Waals surface area contributed by atoms with Gasteiger partial charge in [-0.05, 0) is 36.2 Å². The fourth-order valence-corrected chi connectivity index (χ4v) is 3.70. The molecule has 1 fully saturated rings. The maximum atomic E-state index is 13.1. The summed E-state index contributed by atoms with van der Waals surface area (Å²) in [6.45, 7) is 1.18.